The van der Waals surface area contributed by atoms with E-state index in [1.54, 1.807) is 7.11 Å². The van der Waals surface area contributed by atoms with Crippen molar-refractivity contribution in [2.75, 3.05) is 13.7 Å². The number of methoxy groups -OCH3 is 1. The maximum Gasteiger partial charge on any atom is 0.354 e. The van der Waals surface area contributed by atoms with Gasteiger partial charge >= 0.3 is 12.0 Å². The summed E-state index contributed by atoms with van der Waals surface area (Å²) in [7, 11) is 1.63. The van der Waals surface area contributed by atoms with Crippen LogP contribution in [0, 0.1) is 0 Å². The number of carbonyl (C=O) groups is 1. The second kappa shape index (κ2) is 5.58. The molecular weight excluding hydrogens is 224 g/mol. The summed E-state index contributed by atoms with van der Waals surface area (Å²) in [6.07, 6.45) is 2.01. The number of hydrogen-bond donors (Lipinski definition) is 1. The van der Waals surface area contributed by atoms with Crippen LogP contribution in [0.25, 0.3) is 0 Å². The van der Waals surface area contributed by atoms with Crippen molar-refractivity contribution in [3.05, 3.63) is 18.0 Å². The molecule has 1 heterocycles. The van der Waals surface area contributed by atoms with Crippen LogP contribution in [0.3, 0.4) is 0 Å². The third-order valence-electron chi connectivity index (χ3n) is 2.34. The lowest BCUT2D eigenvalue weighted by atomic mass is 10.1. The molecule has 0 amide bonds. The Kier molecular flexibility index (Phi) is 4.39. The van der Waals surface area contributed by atoms with E-state index in [1.807, 2.05) is 13.8 Å². The van der Waals surface area contributed by atoms with Crippen LogP contribution in [0.1, 0.15) is 30.8 Å². The van der Waals surface area contributed by atoms with Crippen LogP contribution in [0.5, 0.6) is 6.01 Å². The highest BCUT2D eigenvalue weighted by Crippen LogP contribution is 2.13. The van der Waals surface area contributed by atoms with Gasteiger partial charge in [-0.1, -0.05) is 0 Å². The minimum atomic E-state index is -1.10. The Bertz CT molecular complexity index is 393. The molecule has 0 saturated carbocycles. The van der Waals surface area contributed by atoms with E-state index in [1.165, 1.54) is 12.3 Å². The van der Waals surface area contributed by atoms with E-state index in [0.29, 0.717) is 13.0 Å². The first-order chi connectivity index (χ1) is 7.94. The Morgan fingerprint density at radius 2 is 2.24 bits per heavy atom. The molecule has 0 bridgehead atoms. The summed E-state index contributed by atoms with van der Waals surface area (Å²) in [5.74, 6) is -1.10. The van der Waals surface area contributed by atoms with E-state index < -0.39 is 5.97 Å². The molecule has 0 saturated heterocycles. The van der Waals surface area contributed by atoms with Crippen molar-refractivity contribution in [1.82, 2.24) is 9.97 Å². The minimum Gasteiger partial charge on any atom is -0.477 e. The van der Waals surface area contributed by atoms with Crippen LogP contribution >= 0.6 is 0 Å². The molecular formula is C11H16N2O4. The zero-order chi connectivity index (χ0) is 12.9. The summed E-state index contributed by atoms with van der Waals surface area (Å²) in [4.78, 5) is 18.2. The molecule has 0 fully saturated rings. The van der Waals surface area contributed by atoms with Crippen LogP contribution < -0.4 is 4.74 Å². The van der Waals surface area contributed by atoms with Gasteiger partial charge in [0.15, 0.2) is 5.69 Å². The van der Waals surface area contributed by atoms with Gasteiger partial charge in [0.05, 0.1) is 12.2 Å². The van der Waals surface area contributed by atoms with Gasteiger partial charge in [-0.3, -0.25) is 0 Å². The molecule has 0 radical (unpaired) electrons. The lowest BCUT2D eigenvalue weighted by molar-refractivity contribution is 0.00461. The Morgan fingerprint density at radius 3 is 2.82 bits per heavy atom. The highest BCUT2D eigenvalue weighted by Gasteiger charge is 2.16. The van der Waals surface area contributed by atoms with Gasteiger partial charge in [-0.25, -0.2) is 9.78 Å². The van der Waals surface area contributed by atoms with Gasteiger partial charge in [-0.05, 0) is 19.9 Å². The fourth-order valence-corrected chi connectivity index (χ4v) is 1.02. The fourth-order valence-electron chi connectivity index (χ4n) is 1.02. The van der Waals surface area contributed by atoms with Crippen molar-refractivity contribution in [1.29, 1.82) is 0 Å². The molecule has 0 aliphatic rings. The largest absolute Gasteiger partial charge is 0.477 e. The van der Waals surface area contributed by atoms with Crippen molar-refractivity contribution in [2.45, 2.75) is 25.9 Å². The van der Waals surface area contributed by atoms with E-state index in [4.69, 9.17) is 14.6 Å². The average Bonchev–Trinajstić information content (AvgIpc) is 2.29. The van der Waals surface area contributed by atoms with Crippen LogP contribution in [0.4, 0.5) is 0 Å². The number of rotatable bonds is 6. The smallest absolute Gasteiger partial charge is 0.354 e. The van der Waals surface area contributed by atoms with E-state index in [0.717, 1.165) is 0 Å². The number of aromatic carboxylic acids is 1. The highest BCUT2D eigenvalue weighted by atomic mass is 16.5. The number of aromatic nitrogens is 2. The lowest BCUT2D eigenvalue weighted by Crippen LogP contribution is -2.25. The molecule has 1 rings (SSSR count). The zero-order valence-corrected chi connectivity index (χ0v) is 10.1. The van der Waals surface area contributed by atoms with Crippen molar-refractivity contribution in [3.8, 4) is 6.01 Å². The summed E-state index contributed by atoms with van der Waals surface area (Å²) in [6.45, 7) is 4.24. The second-order valence-electron chi connectivity index (χ2n) is 4.09. The van der Waals surface area contributed by atoms with Gasteiger partial charge in [-0.15, -0.1) is 0 Å². The normalized spacial score (nSPS) is 11.2. The first-order valence-electron chi connectivity index (χ1n) is 5.19. The maximum absolute atomic E-state index is 10.7. The van der Waals surface area contributed by atoms with E-state index >= 15 is 0 Å². The predicted octanol–water partition coefficient (Wildman–Crippen LogP) is 1.37. The molecule has 0 spiro atoms. The minimum absolute atomic E-state index is 0.0665. The quantitative estimate of drug-likeness (QED) is 0.808. The molecule has 94 valence electrons. The van der Waals surface area contributed by atoms with Crippen molar-refractivity contribution >= 4 is 5.97 Å². The zero-order valence-electron chi connectivity index (χ0n) is 10.1. The van der Waals surface area contributed by atoms with E-state index in [-0.39, 0.29) is 17.3 Å². The molecule has 0 aliphatic carbocycles. The van der Waals surface area contributed by atoms with Crippen molar-refractivity contribution in [3.63, 3.8) is 0 Å². The first-order valence-corrected chi connectivity index (χ1v) is 5.19. The van der Waals surface area contributed by atoms with Gasteiger partial charge in [0.2, 0.25) is 0 Å². The summed E-state index contributed by atoms with van der Waals surface area (Å²) >= 11 is 0. The third kappa shape index (κ3) is 4.36. The van der Waals surface area contributed by atoms with Crippen molar-refractivity contribution < 1.29 is 19.4 Å². The van der Waals surface area contributed by atoms with Crippen LogP contribution in [0.15, 0.2) is 12.3 Å². The Morgan fingerprint density at radius 1 is 1.53 bits per heavy atom. The summed E-state index contributed by atoms with van der Waals surface area (Å²) in [6, 6.07) is 1.38. The van der Waals surface area contributed by atoms with Gasteiger partial charge in [0.25, 0.3) is 0 Å². The van der Waals surface area contributed by atoms with E-state index in [9.17, 15) is 4.79 Å². The first kappa shape index (κ1) is 13.4. The molecule has 0 unspecified atom stereocenters. The molecule has 1 aromatic rings. The Balaban J connectivity index is 2.52. The molecule has 1 N–H and O–H groups in total. The van der Waals surface area contributed by atoms with Gasteiger partial charge in [0.1, 0.15) is 0 Å². The number of carboxylic acids is 1. The van der Waals surface area contributed by atoms with Crippen LogP contribution in [-0.4, -0.2) is 40.4 Å². The SMILES string of the molecule is COC(C)(C)CCOc1nccc(C(=O)O)n1. The Labute approximate surface area is 99.6 Å². The predicted molar refractivity (Wildman–Crippen MR) is 60.2 cm³/mol. The van der Waals surface area contributed by atoms with E-state index in [2.05, 4.69) is 9.97 Å². The fraction of sp³-hybridized carbons (Fsp3) is 0.545. The highest BCUT2D eigenvalue weighted by molar-refractivity contribution is 5.85. The van der Waals surface area contributed by atoms with Gasteiger partial charge in [-0.2, -0.15) is 4.98 Å². The van der Waals surface area contributed by atoms with Crippen LogP contribution in [-0.2, 0) is 4.74 Å². The molecule has 6 nitrogen and oxygen atoms in total. The Hall–Kier alpha value is -1.69. The second-order valence-corrected chi connectivity index (χ2v) is 4.09. The average molecular weight is 240 g/mol. The monoisotopic (exact) mass is 240 g/mol. The summed E-state index contributed by atoms with van der Waals surface area (Å²) < 4.78 is 10.5. The molecule has 0 aromatic carbocycles. The standard InChI is InChI=1S/C11H16N2O4/c1-11(2,16-3)5-7-17-10-12-6-4-8(13-10)9(14)15/h4,6H,5,7H2,1-3H3,(H,14,15). The number of carboxylic acid groups (broad SMARTS) is 1. The molecule has 1 aromatic heterocycles. The molecule has 0 atom stereocenters. The lowest BCUT2D eigenvalue weighted by Gasteiger charge is -2.22. The topological polar surface area (TPSA) is 81.5 Å². The molecule has 0 aliphatic heterocycles. The molecule has 6 heteroatoms. The summed E-state index contributed by atoms with van der Waals surface area (Å²) in [5.41, 5.74) is -0.370. The number of nitrogens with zero attached hydrogens (tertiary/aromatic N) is 2. The maximum atomic E-state index is 10.7. The van der Waals surface area contributed by atoms with Crippen molar-refractivity contribution in [2.24, 2.45) is 0 Å². The van der Waals surface area contributed by atoms with Crippen LogP contribution in [0.2, 0.25) is 0 Å². The van der Waals surface area contributed by atoms with Gasteiger partial charge in [0, 0.05) is 19.7 Å². The van der Waals surface area contributed by atoms with Gasteiger partial charge < -0.3 is 14.6 Å². The summed E-state index contributed by atoms with van der Waals surface area (Å²) in [5, 5.41) is 8.74. The number of hydrogen-bond acceptors (Lipinski definition) is 5. The molecule has 17 heavy (non-hydrogen) atoms. The third-order valence-corrected chi connectivity index (χ3v) is 2.34. The number of ether oxygens (including phenoxy) is 2.